The fourth-order valence-corrected chi connectivity index (χ4v) is 4.03. The summed E-state index contributed by atoms with van der Waals surface area (Å²) in [5.41, 5.74) is 1.20. The standard InChI is InChI=1S/C19H28ClN3O2/c1-25-13-7-19(24)23-8-3-6-18(15-23)22-11-9-21(10-12-22)17-5-2-4-16(20)14-17/h2,4-5,14,18H,3,6-13,15H2,1H3/t18-/m1/s1. The Labute approximate surface area is 155 Å². The summed E-state index contributed by atoms with van der Waals surface area (Å²) in [7, 11) is 1.64. The molecule has 1 aromatic rings. The summed E-state index contributed by atoms with van der Waals surface area (Å²) < 4.78 is 5.04. The average Bonchev–Trinajstić information content (AvgIpc) is 2.66. The lowest BCUT2D eigenvalue weighted by atomic mass is 10.0. The van der Waals surface area contributed by atoms with E-state index in [1.54, 1.807) is 7.11 Å². The van der Waals surface area contributed by atoms with Crippen LogP contribution in [0.3, 0.4) is 0 Å². The molecule has 2 saturated heterocycles. The molecular weight excluding hydrogens is 338 g/mol. The van der Waals surface area contributed by atoms with E-state index in [-0.39, 0.29) is 5.91 Å². The van der Waals surface area contributed by atoms with Crippen molar-refractivity contribution >= 4 is 23.2 Å². The van der Waals surface area contributed by atoms with Crippen molar-refractivity contribution < 1.29 is 9.53 Å². The van der Waals surface area contributed by atoms with Crippen molar-refractivity contribution in [3.63, 3.8) is 0 Å². The molecule has 2 fully saturated rings. The zero-order valence-electron chi connectivity index (χ0n) is 15.0. The van der Waals surface area contributed by atoms with E-state index in [0.29, 0.717) is 19.1 Å². The molecule has 0 N–H and O–H groups in total. The van der Waals surface area contributed by atoms with Crippen LogP contribution in [-0.2, 0) is 9.53 Å². The molecule has 2 aliphatic heterocycles. The lowest BCUT2D eigenvalue weighted by molar-refractivity contribution is -0.134. The number of ether oxygens (including phenoxy) is 1. The monoisotopic (exact) mass is 365 g/mol. The highest BCUT2D eigenvalue weighted by Crippen LogP contribution is 2.23. The minimum absolute atomic E-state index is 0.226. The molecule has 1 amide bonds. The van der Waals surface area contributed by atoms with Crippen molar-refractivity contribution in [3.05, 3.63) is 29.3 Å². The van der Waals surface area contributed by atoms with Crippen molar-refractivity contribution in [1.29, 1.82) is 0 Å². The van der Waals surface area contributed by atoms with Gasteiger partial charge in [-0.1, -0.05) is 17.7 Å². The highest BCUT2D eigenvalue weighted by Gasteiger charge is 2.29. The van der Waals surface area contributed by atoms with E-state index in [2.05, 4.69) is 15.9 Å². The summed E-state index contributed by atoms with van der Waals surface area (Å²) in [6.45, 7) is 6.36. The van der Waals surface area contributed by atoms with Crippen molar-refractivity contribution in [2.24, 2.45) is 0 Å². The fourth-order valence-electron chi connectivity index (χ4n) is 3.84. The molecule has 0 spiro atoms. The van der Waals surface area contributed by atoms with Gasteiger partial charge in [0.25, 0.3) is 0 Å². The molecule has 0 bridgehead atoms. The maximum absolute atomic E-state index is 12.3. The first kappa shape index (κ1) is 18.5. The molecule has 0 aromatic heterocycles. The lowest BCUT2D eigenvalue weighted by Gasteiger charge is -2.44. The molecule has 0 unspecified atom stereocenters. The van der Waals surface area contributed by atoms with Crippen LogP contribution < -0.4 is 4.90 Å². The topological polar surface area (TPSA) is 36.0 Å². The van der Waals surface area contributed by atoms with Crippen LogP contribution in [0.15, 0.2) is 24.3 Å². The quantitative estimate of drug-likeness (QED) is 0.803. The van der Waals surface area contributed by atoms with E-state index in [4.69, 9.17) is 16.3 Å². The summed E-state index contributed by atoms with van der Waals surface area (Å²) in [6, 6.07) is 8.57. The van der Waals surface area contributed by atoms with Crippen molar-refractivity contribution in [3.8, 4) is 0 Å². The van der Waals surface area contributed by atoms with Crippen LogP contribution >= 0.6 is 11.6 Å². The van der Waals surface area contributed by atoms with Gasteiger partial charge in [0.2, 0.25) is 5.91 Å². The van der Waals surface area contributed by atoms with Gasteiger partial charge in [0.1, 0.15) is 0 Å². The van der Waals surface area contributed by atoms with Crippen molar-refractivity contribution in [2.45, 2.75) is 25.3 Å². The highest BCUT2D eigenvalue weighted by molar-refractivity contribution is 6.30. The molecule has 25 heavy (non-hydrogen) atoms. The number of hydrogen-bond acceptors (Lipinski definition) is 4. The number of hydrogen-bond donors (Lipinski definition) is 0. The zero-order valence-corrected chi connectivity index (χ0v) is 15.7. The molecule has 0 saturated carbocycles. The lowest BCUT2D eigenvalue weighted by Crippen LogP contribution is -2.56. The number of carbonyl (C=O) groups excluding carboxylic acids is 1. The number of nitrogens with zero attached hydrogens (tertiary/aromatic N) is 3. The maximum atomic E-state index is 12.3. The number of piperazine rings is 1. The molecule has 6 heteroatoms. The number of carbonyl (C=O) groups is 1. The minimum atomic E-state index is 0.226. The smallest absolute Gasteiger partial charge is 0.224 e. The summed E-state index contributed by atoms with van der Waals surface area (Å²) >= 11 is 6.11. The Morgan fingerprint density at radius 1 is 1.24 bits per heavy atom. The number of piperidine rings is 1. The third kappa shape index (κ3) is 4.87. The van der Waals surface area contributed by atoms with E-state index in [9.17, 15) is 4.79 Å². The normalized spacial score (nSPS) is 22.2. The van der Waals surface area contributed by atoms with Crippen molar-refractivity contribution in [2.75, 3.05) is 57.9 Å². The predicted molar refractivity (Wildman–Crippen MR) is 101 cm³/mol. The molecule has 2 heterocycles. The summed E-state index contributed by atoms with van der Waals surface area (Å²) in [5.74, 6) is 0.226. The maximum Gasteiger partial charge on any atom is 0.224 e. The molecule has 0 radical (unpaired) electrons. The molecule has 1 aromatic carbocycles. The second-order valence-corrected chi connectivity index (χ2v) is 7.32. The first-order chi connectivity index (χ1) is 12.2. The SMILES string of the molecule is COCCC(=O)N1CCC[C@@H](N2CCN(c3cccc(Cl)c3)CC2)C1. The van der Waals surface area contributed by atoms with Crippen LogP contribution in [0.2, 0.25) is 5.02 Å². The Bertz CT molecular complexity index is 576. The van der Waals surface area contributed by atoms with Gasteiger partial charge < -0.3 is 14.5 Å². The first-order valence-electron chi connectivity index (χ1n) is 9.18. The van der Waals surface area contributed by atoms with E-state index in [1.165, 1.54) is 12.1 Å². The van der Waals surface area contributed by atoms with Gasteiger partial charge in [-0.05, 0) is 31.0 Å². The number of likely N-dealkylation sites (tertiary alicyclic amines) is 1. The van der Waals surface area contributed by atoms with E-state index in [1.807, 2.05) is 23.1 Å². The Balaban J connectivity index is 1.51. The van der Waals surface area contributed by atoms with Gasteiger partial charge in [-0.25, -0.2) is 0 Å². The Morgan fingerprint density at radius 3 is 2.76 bits per heavy atom. The molecule has 1 atom stereocenters. The van der Waals surface area contributed by atoms with E-state index >= 15 is 0 Å². The average molecular weight is 366 g/mol. The first-order valence-corrected chi connectivity index (χ1v) is 9.56. The summed E-state index contributed by atoms with van der Waals surface area (Å²) in [6.07, 6.45) is 2.77. The fraction of sp³-hybridized carbons (Fsp3) is 0.632. The number of benzene rings is 1. The second-order valence-electron chi connectivity index (χ2n) is 6.88. The third-order valence-corrected chi connectivity index (χ3v) is 5.51. The van der Waals surface area contributed by atoms with Gasteiger partial charge in [0.15, 0.2) is 0 Å². The van der Waals surface area contributed by atoms with Gasteiger partial charge in [0, 0.05) is 63.1 Å². The number of methoxy groups -OCH3 is 1. The molecule has 2 aliphatic rings. The van der Waals surface area contributed by atoms with Crippen LogP contribution in [-0.4, -0.2) is 74.7 Å². The molecule has 3 rings (SSSR count). The largest absolute Gasteiger partial charge is 0.384 e. The van der Waals surface area contributed by atoms with Gasteiger partial charge in [-0.15, -0.1) is 0 Å². The van der Waals surface area contributed by atoms with Gasteiger partial charge in [0.05, 0.1) is 13.0 Å². The Morgan fingerprint density at radius 2 is 2.04 bits per heavy atom. The molecular formula is C19H28ClN3O2. The zero-order chi connectivity index (χ0) is 17.6. The number of amides is 1. The highest BCUT2D eigenvalue weighted by atomic mass is 35.5. The van der Waals surface area contributed by atoms with Gasteiger partial charge >= 0.3 is 0 Å². The van der Waals surface area contributed by atoms with Gasteiger partial charge in [-0.2, -0.15) is 0 Å². The minimum Gasteiger partial charge on any atom is -0.384 e. The number of anilines is 1. The van der Waals surface area contributed by atoms with Crippen LogP contribution in [0.1, 0.15) is 19.3 Å². The Hall–Kier alpha value is -1.30. The van der Waals surface area contributed by atoms with Crippen LogP contribution in [0.4, 0.5) is 5.69 Å². The van der Waals surface area contributed by atoms with E-state index < -0.39 is 0 Å². The summed E-state index contributed by atoms with van der Waals surface area (Å²) in [4.78, 5) is 19.2. The second kappa shape index (κ2) is 8.88. The van der Waals surface area contributed by atoms with Gasteiger partial charge in [-0.3, -0.25) is 9.69 Å². The number of halogens is 1. The predicted octanol–water partition coefficient (Wildman–Crippen LogP) is 2.49. The van der Waals surface area contributed by atoms with Crippen LogP contribution in [0.5, 0.6) is 0 Å². The molecule has 138 valence electrons. The van der Waals surface area contributed by atoms with Crippen LogP contribution in [0, 0.1) is 0 Å². The number of rotatable bonds is 5. The van der Waals surface area contributed by atoms with E-state index in [0.717, 1.165) is 50.7 Å². The molecule has 5 nitrogen and oxygen atoms in total. The third-order valence-electron chi connectivity index (χ3n) is 5.27. The summed E-state index contributed by atoms with van der Waals surface area (Å²) in [5, 5.41) is 0.789. The van der Waals surface area contributed by atoms with Crippen molar-refractivity contribution in [1.82, 2.24) is 9.80 Å². The molecule has 0 aliphatic carbocycles. The Kier molecular flexibility index (Phi) is 6.57. The van der Waals surface area contributed by atoms with Crippen LogP contribution in [0.25, 0.3) is 0 Å².